The minimum absolute atomic E-state index is 0.712. The van der Waals surface area contributed by atoms with Crippen molar-refractivity contribution in [2.24, 2.45) is 5.92 Å². The van der Waals surface area contributed by atoms with E-state index < -0.39 is 0 Å². The zero-order chi connectivity index (χ0) is 28.3. The van der Waals surface area contributed by atoms with Crippen LogP contribution in [0, 0.1) is 5.92 Å². The number of benzene rings is 2. The second-order valence-corrected chi connectivity index (χ2v) is 13.2. The predicted molar refractivity (Wildman–Crippen MR) is 177 cm³/mol. The number of rotatable bonds is 23. The summed E-state index contributed by atoms with van der Waals surface area (Å²) in [6, 6.07) is 15.1. The number of fused-ring (bicyclic) bond motifs is 2. The number of aldehydes is 1. The van der Waals surface area contributed by atoms with Gasteiger partial charge in [0.05, 0.1) is 11.4 Å². The molecule has 0 aromatic heterocycles. The summed E-state index contributed by atoms with van der Waals surface area (Å²) in [7, 11) is 0. The highest BCUT2D eigenvalue weighted by Gasteiger charge is 2.25. The van der Waals surface area contributed by atoms with E-state index in [0.717, 1.165) is 18.4 Å². The van der Waals surface area contributed by atoms with Gasteiger partial charge in [0.2, 0.25) is 0 Å². The molecule has 2 aromatic rings. The van der Waals surface area contributed by atoms with E-state index in [-0.39, 0.29) is 0 Å². The summed E-state index contributed by atoms with van der Waals surface area (Å²) in [5.41, 5.74) is 3.38. The molecule has 0 bridgehead atoms. The molecule has 0 spiro atoms. The van der Waals surface area contributed by atoms with Crippen molar-refractivity contribution >= 4 is 29.4 Å². The smallest absolute Gasteiger partial charge is 0.150 e. The van der Waals surface area contributed by atoms with E-state index in [4.69, 9.17) is 0 Å². The van der Waals surface area contributed by atoms with Crippen molar-refractivity contribution in [3.8, 4) is 0 Å². The van der Waals surface area contributed by atoms with Crippen molar-refractivity contribution in [3.05, 3.63) is 48.0 Å². The van der Waals surface area contributed by atoms with Crippen LogP contribution in [0.25, 0.3) is 0 Å². The Bertz CT molecular complexity index is 957. The molecule has 40 heavy (non-hydrogen) atoms. The maximum Gasteiger partial charge on any atom is 0.150 e. The third kappa shape index (κ3) is 11.6. The van der Waals surface area contributed by atoms with Gasteiger partial charge in [0.15, 0.2) is 0 Å². The molecular formula is C37H57NOS. The van der Waals surface area contributed by atoms with E-state index in [1.54, 1.807) is 0 Å². The van der Waals surface area contributed by atoms with Crippen LogP contribution < -0.4 is 4.90 Å². The molecule has 0 aliphatic carbocycles. The third-order valence-electron chi connectivity index (χ3n) is 8.66. The number of carbonyl (C=O) groups is 1. The zero-order valence-electron chi connectivity index (χ0n) is 25.8. The van der Waals surface area contributed by atoms with E-state index >= 15 is 0 Å². The highest BCUT2D eigenvalue weighted by atomic mass is 32.2. The summed E-state index contributed by atoms with van der Waals surface area (Å²) in [6.07, 6.45) is 28.8. The fourth-order valence-electron chi connectivity index (χ4n) is 6.19. The minimum Gasteiger partial charge on any atom is -0.339 e. The van der Waals surface area contributed by atoms with Gasteiger partial charge in [0, 0.05) is 21.9 Å². The fraction of sp³-hybridized carbons (Fsp3) is 0.649. The van der Waals surface area contributed by atoms with Gasteiger partial charge in [-0.25, -0.2) is 0 Å². The molecule has 2 nitrogen and oxygen atoms in total. The first-order valence-electron chi connectivity index (χ1n) is 16.9. The Morgan fingerprint density at radius 3 is 1.68 bits per heavy atom. The van der Waals surface area contributed by atoms with E-state index in [1.807, 2.05) is 17.8 Å². The molecule has 1 unspecified atom stereocenters. The van der Waals surface area contributed by atoms with Crippen molar-refractivity contribution in [3.63, 3.8) is 0 Å². The molecule has 222 valence electrons. The van der Waals surface area contributed by atoms with E-state index in [0.29, 0.717) is 5.92 Å². The third-order valence-corrected chi connectivity index (χ3v) is 9.77. The molecule has 3 rings (SSSR count). The summed E-state index contributed by atoms with van der Waals surface area (Å²) < 4.78 is 0. The van der Waals surface area contributed by atoms with Crippen molar-refractivity contribution in [1.29, 1.82) is 0 Å². The molecule has 0 fully saturated rings. The first-order valence-corrected chi connectivity index (χ1v) is 17.7. The van der Waals surface area contributed by atoms with Crippen LogP contribution in [-0.2, 0) is 0 Å². The molecule has 1 atom stereocenters. The van der Waals surface area contributed by atoms with Crippen LogP contribution in [0.15, 0.2) is 52.3 Å². The Balaban J connectivity index is 1.55. The largest absolute Gasteiger partial charge is 0.339 e. The Labute approximate surface area is 251 Å². The average molecular weight is 564 g/mol. The summed E-state index contributed by atoms with van der Waals surface area (Å²) >= 11 is 1.81. The standard InChI is InChI=1S/C37H57NOS/c1-3-5-7-9-11-13-14-16-18-20-24-32(23-19-17-15-12-10-8-6-4-2)30-38-34-25-21-22-26-36(34)40-37-29-33(31-39)27-28-35(37)38/h21-22,25-29,31-32H,3-20,23-24,30H2,1-2H3. The normalized spacial score (nSPS) is 13.2. The van der Waals surface area contributed by atoms with Gasteiger partial charge in [0.25, 0.3) is 0 Å². The van der Waals surface area contributed by atoms with Crippen molar-refractivity contribution in [1.82, 2.24) is 0 Å². The van der Waals surface area contributed by atoms with Crippen molar-refractivity contribution in [2.75, 3.05) is 11.4 Å². The van der Waals surface area contributed by atoms with Gasteiger partial charge in [0.1, 0.15) is 6.29 Å². The lowest BCUT2D eigenvalue weighted by atomic mass is 9.93. The number of para-hydroxylation sites is 1. The van der Waals surface area contributed by atoms with Crippen LogP contribution in [0.2, 0.25) is 0 Å². The zero-order valence-corrected chi connectivity index (χ0v) is 26.6. The van der Waals surface area contributed by atoms with Crippen molar-refractivity contribution < 1.29 is 4.79 Å². The van der Waals surface area contributed by atoms with Crippen LogP contribution >= 0.6 is 11.8 Å². The second-order valence-electron chi connectivity index (χ2n) is 12.1. The van der Waals surface area contributed by atoms with Gasteiger partial charge in [-0.15, -0.1) is 0 Å². The van der Waals surface area contributed by atoms with E-state index in [2.05, 4.69) is 55.1 Å². The molecule has 0 amide bonds. The van der Waals surface area contributed by atoms with Gasteiger partial charge in [-0.2, -0.15) is 0 Å². The first kappa shape index (κ1) is 32.8. The quantitative estimate of drug-likeness (QED) is 0.0990. The van der Waals surface area contributed by atoms with Gasteiger partial charge in [-0.1, -0.05) is 153 Å². The second kappa shape index (κ2) is 20.2. The molecule has 2 aromatic carbocycles. The Morgan fingerprint density at radius 1 is 0.625 bits per heavy atom. The number of hydrogen-bond acceptors (Lipinski definition) is 3. The molecule has 1 heterocycles. The predicted octanol–water partition coefficient (Wildman–Crippen LogP) is 12.6. The van der Waals surface area contributed by atoms with Gasteiger partial charge < -0.3 is 4.90 Å². The van der Waals surface area contributed by atoms with Crippen LogP contribution in [0.3, 0.4) is 0 Å². The van der Waals surface area contributed by atoms with Crippen LogP contribution in [0.4, 0.5) is 11.4 Å². The molecule has 0 N–H and O–H groups in total. The summed E-state index contributed by atoms with van der Waals surface area (Å²) in [5.74, 6) is 0.712. The number of unbranched alkanes of at least 4 members (excludes halogenated alkanes) is 16. The Morgan fingerprint density at radius 2 is 1.12 bits per heavy atom. The summed E-state index contributed by atoms with van der Waals surface area (Å²) in [5, 5.41) is 0. The van der Waals surface area contributed by atoms with E-state index in [9.17, 15) is 4.79 Å². The lowest BCUT2D eigenvalue weighted by Gasteiger charge is -2.35. The number of carbonyl (C=O) groups excluding carboxylic acids is 1. The monoisotopic (exact) mass is 563 g/mol. The molecular weight excluding hydrogens is 506 g/mol. The van der Waals surface area contributed by atoms with Gasteiger partial charge in [-0.05, 0) is 49.1 Å². The van der Waals surface area contributed by atoms with Crippen LogP contribution in [0.5, 0.6) is 0 Å². The maximum atomic E-state index is 11.5. The molecule has 0 radical (unpaired) electrons. The molecule has 3 heteroatoms. The highest BCUT2D eigenvalue weighted by Crippen LogP contribution is 2.48. The first-order chi connectivity index (χ1) is 19.8. The topological polar surface area (TPSA) is 20.3 Å². The molecule has 1 aliphatic heterocycles. The maximum absolute atomic E-state index is 11.5. The van der Waals surface area contributed by atoms with Gasteiger partial charge >= 0.3 is 0 Å². The lowest BCUT2D eigenvalue weighted by Crippen LogP contribution is -2.27. The number of anilines is 2. The average Bonchev–Trinajstić information content (AvgIpc) is 2.98. The Hall–Kier alpha value is -1.74. The summed E-state index contributed by atoms with van der Waals surface area (Å²) in [4.78, 5) is 16.6. The van der Waals surface area contributed by atoms with Gasteiger partial charge in [-0.3, -0.25) is 4.79 Å². The molecule has 0 saturated heterocycles. The minimum atomic E-state index is 0.712. The SMILES string of the molecule is CCCCCCCCCCCCC(CCCCCCCCCC)CN1c2ccccc2Sc2cc(C=O)ccc21. The van der Waals surface area contributed by atoms with Crippen molar-refractivity contribution in [2.45, 2.75) is 152 Å². The number of nitrogens with zero attached hydrogens (tertiary/aromatic N) is 1. The Kier molecular flexibility index (Phi) is 16.5. The molecule has 0 saturated carbocycles. The van der Waals surface area contributed by atoms with Crippen LogP contribution in [0.1, 0.15) is 153 Å². The molecule has 1 aliphatic rings. The fourth-order valence-corrected chi connectivity index (χ4v) is 7.34. The lowest BCUT2D eigenvalue weighted by molar-refractivity contribution is 0.112. The number of hydrogen-bond donors (Lipinski definition) is 0. The van der Waals surface area contributed by atoms with Crippen LogP contribution in [-0.4, -0.2) is 12.8 Å². The van der Waals surface area contributed by atoms with E-state index in [1.165, 1.54) is 150 Å². The summed E-state index contributed by atoms with van der Waals surface area (Å²) in [6.45, 7) is 5.68. The highest BCUT2D eigenvalue weighted by molar-refractivity contribution is 7.99.